The second-order valence-corrected chi connectivity index (χ2v) is 7.68. The van der Waals surface area contributed by atoms with Crippen LogP contribution in [0.5, 0.6) is 0 Å². The van der Waals surface area contributed by atoms with E-state index in [2.05, 4.69) is 15.6 Å². The summed E-state index contributed by atoms with van der Waals surface area (Å²) in [4.78, 5) is 28.7. The van der Waals surface area contributed by atoms with Gasteiger partial charge in [-0.25, -0.2) is 9.78 Å². The predicted molar refractivity (Wildman–Crippen MR) is 113 cm³/mol. The fourth-order valence-electron chi connectivity index (χ4n) is 2.67. The fourth-order valence-corrected chi connectivity index (χ4v) is 3.77. The predicted octanol–water partition coefficient (Wildman–Crippen LogP) is 4.75. The molecule has 0 spiro atoms. The number of nitrogens with one attached hydrogen (secondary N) is 2. The molecule has 1 atom stereocenters. The van der Waals surface area contributed by atoms with Crippen molar-refractivity contribution in [3.05, 3.63) is 69.7 Å². The van der Waals surface area contributed by atoms with Crippen LogP contribution in [-0.2, 0) is 0 Å². The summed E-state index contributed by atoms with van der Waals surface area (Å²) in [6, 6.07) is 13.7. The first kappa shape index (κ1) is 19.9. The molecule has 144 valence electrons. The molecule has 1 heterocycles. The summed E-state index contributed by atoms with van der Waals surface area (Å²) in [6.45, 7) is 3.71. The van der Waals surface area contributed by atoms with Gasteiger partial charge in [0.15, 0.2) is 0 Å². The smallest absolute Gasteiger partial charge is 0.316 e. The van der Waals surface area contributed by atoms with Crippen LogP contribution in [0.1, 0.15) is 33.9 Å². The molecule has 0 aliphatic carbocycles. The molecule has 0 bridgehead atoms. The Balaban J connectivity index is 1.72. The quantitative estimate of drug-likeness (QED) is 0.561. The highest BCUT2D eigenvalue weighted by Gasteiger charge is 2.18. The van der Waals surface area contributed by atoms with Crippen molar-refractivity contribution in [1.82, 2.24) is 10.3 Å². The van der Waals surface area contributed by atoms with Crippen molar-refractivity contribution in [2.75, 3.05) is 5.32 Å². The molecule has 0 saturated carbocycles. The van der Waals surface area contributed by atoms with E-state index in [1.54, 1.807) is 24.3 Å². The monoisotopic (exact) mass is 414 g/mol. The molecular weight excluding hydrogens is 396 g/mol. The molecule has 3 amide bonds. The van der Waals surface area contributed by atoms with Gasteiger partial charge >= 0.3 is 6.03 Å². The lowest BCUT2D eigenvalue weighted by Crippen LogP contribution is -2.26. The van der Waals surface area contributed by atoms with Crippen LogP contribution in [-0.4, -0.2) is 16.9 Å². The molecule has 0 saturated heterocycles. The minimum absolute atomic E-state index is 0.179. The van der Waals surface area contributed by atoms with Crippen LogP contribution in [0, 0.1) is 6.92 Å². The molecule has 0 aliphatic rings. The van der Waals surface area contributed by atoms with Gasteiger partial charge in [0.1, 0.15) is 9.88 Å². The number of amides is 3. The van der Waals surface area contributed by atoms with E-state index in [4.69, 9.17) is 17.3 Å². The Morgan fingerprint density at radius 3 is 2.36 bits per heavy atom. The third-order valence-electron chi connectivity index (χ3n) is 4.12. The fraction of sp³-hybridized carbons (Fsp3) is 0.150. The zero-order valence-corrected chi connectivity index (χ0v) is 16.9. The minimum Gasteiger partial charge on any atom is -0.351 e. The highest BCUT2D eigenvalue weighted by atomic mass is 35.5. The van der Waals surface area contributed by atoms with Gasteiger partial charge in [-0.3, -0.25) is 4.79 Å². The van der Waals surface area contributed by atoms with Crippen LogP contribution >= 0.6 is 22.9 Å². The first-order valence-corrected chi connectivity index (χ1v) is 9.73. The first-order valence-electron chi connectivity index (χ1n) is 8.54. The number of hydrogen-bond acceptors (Lipinski definition) is 4. The van der Waals surface area contributed by atoms with Crippen molar-refractivity contribution >= 4 is 40.6 Å². The summed E-state index contributed by atoms with van der Waals surface area (Å²) in [7, 11) is 0. The number of nitrogens with zero attached hydrogens (tertiary/aromatic N) is 1. The Morgan fingerprint density at radius 2 is 1.75 bits per heavy atom. The molecule has 6 nitrogen and oxygen atoms in total. The van der Waals surface area contributed by atoms with Crippen LogP contribution in [0.4, 0.5) is 10.5 Å². The van der Waals surface area contributed by atoms with Gasteiger partial charge in [0.05, 0.1) is 11.7 Å². The number of benzene rings is 2. The lowest BCUT2D eigenvalue weighted by atomic mass is 10.1. The van der Waals surface area contributed by atoms with Crippen LogP contribution in [0.25, 0.3) is 10.6 Å². The molecule has 0 aliphatic heterocycles. The Bertz CT molecular complexity index is 1000. The maximum atomic E-state index is 12.7. The van der Waals surface area contributed by atoms with Gasteiger partial charge in [-0.15, -0.1) is 11.3 Å². The molecular formula is C20H19ClN4O2S. The number of halogens is 1. The Kier molecular flexibility index (Phi) is 5.96. The summed E-state index contributed by atoms with van der Waals surface area (Å²) in [5, 5.41) is 6.91. The van der Waals surface area contributed by atoms with Gasteiger partial charge in [0.25, 0.3) is 5.91 Å². The van der Waals surface area contributed by atoms with Gasteiger partial charge in [0.2, 0.25) is 0 Å². The standard InChI is InChI=1S/C20H19ClN4O2S/c1-11(13-5-9-16(10-6-13)25-20(22)27)23-18(26)17-12(2)24-19(28-17)14-3-7-15(21)8-4-14/h3-11H,1-2H3,(H,23,26)(H3,22,25,27)/t11-/m0/s1. The molecule has 4 N–H and O–H groups in total. The first-order chi connectivity index (χ1) is 13.3. The largest absolute Gasteiger partial charge is 0.351 e. The van der Waals surface area contributed by atoms with E-state index in [1.165, 1.54) is 11.3 Å². The molecule has 8 heteroatoms. The maximum Gasteiger partial charge on any atom is 0.316 e. The number of hydrogen-bond donors (Lipinski definition) is 3. The van der Waals surface area contributed by atoms with Crippen molar-refractivity contribution in [3.63, 3.8) is 0 Å². The summed E-state index contributed by atoms with van der Waals surface area (Å²) < 4.78 is 0. The van der Waals surface area contributed by atoms with E-state index in [9.17, 15) is 9.59 Å². The number of nitrogens with two attached hydrogens (primary N) is 1. The molecule has 0 unspecified atom stereocenters. The number of aromatic nitrogens is 1. The molecule has 28 heavy (non-hydrogen) atoms. The van der Waals surface area contributed by atoms with Gasteiger partial charge in [-0.2, -0.15) is 0 Å². The van der Waals surface area contributed by atoms with Gasteiger partial charge < -0.3 is 16.4 Å². The van der Waals surface area contributed by atoms with Crippen molar-refractivity contribution in [2.45, 2.75) is 19.9 Å². The van der Waals surface area contributed by atoms with Gasteiger partial charge in [-0.05, 0) is 43.7 Å². The number of carbonyl (C=O) groups is 2. The van der Waals surface area contributed by atoms with Crippen molar-refractivity contribution in [2.24, 2.45) is 5.73 Å². The number of thiazole rings is 1. The van der Waals surface area contributed by atoms with Crippen LogP contribution in [0.15, 0.2) is 48.5 Å². The Hall–Kier alpha value is -2.90. The lowest BCUT2D eigenvalue weighted by Gasteiger charge is -2.14. The van der Waals surface area contributed by atoms with Crippen LogP contribution in [0.3, 0.4) is 0 Å². The number of anilines is 1. The molecule has 3 aromatic rings. The summed E-state index contributed by atoms with van der Waals surface area (Å²) in [5.74, 6) is -0.179. The minimum atomic E-state index is -0.619. The number of carbonyl (C=O) groups excluding carboxylic acids is 2. The topological polar surface area (TPSA) is 97.1 Å². The van der Waals surface area contributed by atoms with Gasteiger partial charge in [0, 0.05) is 16.3 Å². The third-order valence-corrected chi connectivity index (χ3v) is 5.58. The average Bonchev–Trinajstić information content (AvgIpc) is 3.04. The molecule has 2 aromatic carbocycles. The number of urea groups is 1. The molecule has 0 fully saturated rings. The highest BCUT2D eigenvalue weighted by Crippen LogP contribution is 2.29. The van der Waals surface area contributed by atoms with E-state index in [1.807, 2.05) is 38.1 Å². The third kappa shape index (κ3) is 4.68. The zero-order chi connectivity index (χ0) is 20.3. The lowest BCUT2D eigenvalue weighted by molar-refractivity contribution is 0.0943. The zero-order valence-electron chi connectivity index (χ0n) is 15.3. The molecule has 0 radical (unpaired) electrons. The van der Waals surface area contributed by atoms with E-state index >= 15 is 0 Å². The van der Waals surface area contributed by atoms with Crippen LogP contribution in [0.2, 0.25) is 5.02 Å². The van der Waals surface area contributed by atoms with E-state index < -0.39 is 6.03 Å². The van der Waals surface area contributed by atoms with Crippen molar-refractivity contribution in [1.29, 1.82) is 0 Å². The highest BCUT2D eigenvalue weighted by molar-refractivity contribution is 7.17. The summed E-state index contributed by atoms with van der Waals surface area (Å²) in [5.41, 5.74) is 8.20. The molecule has 3 rings (SSSR count). The number of primary amides is 1. The Labute approximate surface area is 171 Å². The summed E-state index contributed by atoms with van der Waals surface area (Å²) in [6.07, 6.45) is 0. The second kappa shape index (κ2) is 8.41. The van der Waals surface area contributed by atoms with E-state index in [-0.39, 0.29) is 11.9 Å². The van der Waals surface area contributed by atoms with Crippen molar-refractivity contribution in [3.8, 4) is 10.6 Å². The molecule has 1 aromatic heterocycles. The normalized spacial score (nSPS) is 11.7. The number of aryl methyl sites for hydroxylation is 1. The second-order valence-electron chi connectivity index (χ2n) is 6.25. The van der Waals surface area contributed by atoms with Crippen LogP contribution < -0.4 is 16.4 Å². The maximum absolute atomic E-state index is 12.7. The number of rotatable bonds is 5. The summed E-state index contributed by atoms with van der Waals surface area (Å²) >= 11 is 7.27. The SMILES string of the molecule is Cc1nc(-c2ccc(Cl)cc2)sc1C(=O)N[C@@H](C)c1ccc(NC(N)=O)cc1. The average molecular weight is 415 g/mol. The van der Waals surface area contributed by atoms with E-state index in [0.29, 0.717) is 21.3 Å². The van der Waals surface area contributed by atoms with Crippen molar-refractivity contribution < 1.29 is 9.59 Å². The Morgan fingerprint density at radius 1 is 1.11 bits per heavy atom. The van der Waals surface area contributed by atoms with E-state index in [0.717, 1.165) is 16.1 Å². The van der Waals surface area contributed by atoms with Gasteiger partial charge in [-0.1, -0.05) is 35.9 Å².